The summed E-state index contributed by atoms with van der Waals surface area (Å²) < 4.78 is 17.5. The molecule has 3 aliphatic rings. The van der Waals surface area contributed by atoms with Crippen molar-refractivity contribution in [2.75, 3.05) is 26.5 Å². The minimum absolute atomic E-state index is 0.0698. The van der Waals surface area contributed by atoms with E-state index >= 15 is 0 Å². The van der Waals surface area contributed by atoms with Crippen LogP contribution in [0.1, 0.15) is 36.5 Å². The zero-order valence-electron chi connectivity index (χ0n) is 18.8. The summed E-state index contributed by atoms with van der Waals surface area (Å²) in [5.74, 6) is 2.29. The number of amides is 2. The molecule has 0 radical (unpaired) electrons. The molecule has 0 spiro atoms. The molecule has 34 heavy (non-hydrogen) atoms. The van der Waals surface area contributed by atoms with E-state index in [9.17, 15) is 9.59 Å². The number of carbonyl (C=O) groups excluding carboxylic acids is 2. The lowest BCUT2D eigenvalue weighted by Gasteiger charge is -2.39. The van der Waals surface area contributed by atoms with Crippen LogP contribution in [-0.2, 0) is 4.79 Å². The Morgan fingerprint density at radius 2 is 2.09 bits per heavy atom. The van der Waals surface area contributed by atoms with Crippen LogP contribution >= 0.6 is 0 Å². The van der Waals surface area contributed by atoms with Crippen molar-refractivity contribution in [3.8, 4) is 28.5 Å². The number of carbonyl (C=O) groups is 2. The molecule has 0 bridgehead atoms. The molecule has 2 N–H and O–H groups in total. The highest BCUT2D eigenvalue weighted by Crippen LogP contribution is 2.48. The van der Waals surface area contributed by atoms with Gasteiger partial charge in [-0.2, -0.15) is 0 Å². The number of aromatic amines is 1. The minimum Gasteiger partial charge on any atom is -0.492 e. The van der Waals surface area contributed by atoms with E-state index < -0.39 is 0 Å². The number of nitrogens with zero attached hydrogens (tertiary/aromatic N) is 3. The van der Waals surface area contributed by atoms with Gasteiger partial charge < -0.3 is 29.4 Å². The maximum absolute atomic E-state index is 13.0. The zero-order valence-corrected chi connectivity index (χ0v) is 18.8. The highest BCUT2D eigenvalue weighted by atomic mass is 16.7. The van der Waals surface area contributed by atoms with Gasteiger partial charge in [0.05, 0.1) is 29.3 Å². The molecule has 2 amide bonds. The number of rotatable bonds is 7. The van der Waals surface area contributed by atoms with E-state index in [0.29, 0.717) is 77.1 Å². The van der Waals surface area contributed by atoms with E-state index in [4.69, 9.17) is 14.2 Å². The molecule has 1 saturated carbocycles. The summed E-state index contributed by atoms with van der Waals surface area (Å²) in [4.78, 5) is 38.6. The van der Waals surface area contributed by atoms with Crippen LogP contribution in [0.5, 0.6) is 17.2 Å². The second kappa shape index (κ2) is 8.19. The zero-order chi connectivity index (χ0) is 23.2. The third kappa shape index (κ3) is 3.59. The van der Waals surface area contributed by atoms with Crippen molar-refractivity contribution in [2.45, 2.75) is 32.2 Å². The van der Waals surface area contributed by atoms with Gasteiger partial charge in [0.1, 0.15) is 23.3 Å². The van der Waals surface area contributed by atoms with Crippen LogP contribution in [0.2, 0.25) is 0 Å². The van der Waals surface area contributed by atoms with Crippen LogP contribution in [0.15, 0.2) is 24.7 Å². The first-order valence-corrected chi connectivity index (χ1v) is 11.6. The van der Waals surface area contributed by atoms with Crippen molar-refractivity contribution in [3.63, 3.8) is 0 Å². The number of fused-ring (bicyclic) bond motifs is 2. The maximum Gasteiger partial charge on any atom is 0.255 e. The monoisotopic (exact) mass is 463 g/mol. The molecule has 10 nitrogen and oxygen atoms in total. The molecule has 2 fully saturated rings. The first-order chi connectivity index (χ1) is 16.6. The van der Waals surface area contributed by atoms with Gasteiger partial charge in [0.2, 0.25) is 12.7 Å². The highest BCUT2D eigenvalue weighted by Gasteiger charge is 2.32. The molecule has 10 heteroatoms. The molecule has 1 aromatic carbocycles. The van der Waals surface area contributed by atoms with Gasteiger partial charge in [-0.1, -0.05) is 6.92 Å². The SMILES string of the molecule is CCC(=O)N1CC(NC(=O)c2c[nH]c3c(-c4c(OCC5CC5)ccc5c4OCO5)ncnc23)C1. The molecule has 1 saturated heterocycles. The number of benzene rings is 1. The molecule has 176 valence electrons. The van der Waals surface area contributed by atoms with Crippen molar-refractivity contribution in [2.24, 2.45) is 5.92 Å². The molecular formula is C24H25N5O5. The third-order valence-corrected chi connectivity index (χ3v) is 6.49. The third-order valence-electron chi connectivity index (χ3n) is 6.49. The summed E-state index contributed by atoms with van der Waals surface area (Å²) in [7, 11) is 0. The molecule has 6 rings (SSSR count). The Hall–Kier alpha value is -3.82. The lowest BCUT2D eigenvalue weighted by molar-refractivity contribution is -0.135. The van der Waals surface area contributed by atoms with Crippen LogP contribution in [0.4, 0.5) is 0 Å². The summed E-state index contributed by atoms with van der Waals surface area (Å²) in [6.07, 6.45) is 5.90. The Balaban J connectivity index is 1.31. The quantitative estimate of drug-likeness (QED) is 0.553. The van der Waals surface area contributed by atoms with Gasteiger partial charge in [0.25, 0.3) is 5.91 Å². The molecular weight excluding hydrogens is 438 g/mol. The van der Waals surface area contributed by atoms with Gasteiger partial charge in [0.15, 0.2) is 11.5 Å². The van der Waals surface area contributed by atoms with E-state index in [2.05, 4.69) is 20.3 Å². The molecule has 3 aromatic rings. The number of ether oxygens (including phenoxy) is 3. The standard InChI is InChI=1S/C24H25N5O5/c1-2-18(30)29-8-14(9-29)28-24(31)15-7-25-22-20(15)26-11-27-21(22)19-16(32-10-13-3-4-13)5-6-17-23(19)34-12-33-17/h5-7,11,13-14,25H,2-4,8-10,12H2,1H3,(H,28,31). The summed E-state index contributed by atoms with van der Waals surface area (Å²) in [5.41, 5.74) is 2.81. The van der Waals surface area contributed by atoms with Gasteiger partial charge in [0, 0.05) is 25.7 Å². The fourth-order valence-corrected chi connectivity index (χ4v) is 4.35. The Bertz CT molecular complexity index is 1280. The Morgan fingerprint density at radius 3 is 2.88 bits per heavy atom. The summed E-state index contributed by atoms with van der Waals surface area (Å²) in [6, 6.07) is 3.64. The largest absolute Gasteiger partial charge is 0.492 e. The first-order valence-electron chi connectivity index (χ1n) is 11.6. The minimum atomic E-state index is -0.243. The number of hydrogen-bond donors (Lipinski definition) is 2. The van der Waals surface area contributed by atoms with Gasteiger partial charge in [-0.25, -0.2) is 9.97 Å². The molecule has 1 aliphatic carbocycles. The second-order valence-electron chi connectivity index (χ2n) is 8.90. The summed E-state index contributed by atoms with van der Waals surface area (Å²) >= 11 is 0. The van der Waals surface area contributed by atoms with Crippen LogP contribution in [0.3, 0.4) is 0 Å². The fourth-order valence-electron chi connectivity index (χ4n) is 4.35. The van der Waals surface area contributed by atoms with E-state index in [1.165, 1.54) is 19.2 Å². The van der Waals surface area contributed by atoms with Crippen molar-refractivity contribution in [1.29, 1.82) is 0 Å². The topological polar surface area (TPSA) is 119 Å². The van der Waals surface area contributed by atoms with E-state index in [1.54, 1.807) is 11.1 Å². The molecule has 2 aromatic heterocycles. The first kappa shape index (κ1) is 20.8. The van der Waals surface area contributed by atoms with Crippen LogP contribution in [0, 0.1) is 5.92 Å². The molecule has 2 aliphatic heterocycles. The number of H-pyrrole nitrogens is 1. The fraction of sp³-hybridized carbons (Fsp3) is 0.417. The molecule has 0 atom stereocenters. The van der Waals surface area contributed by atoms with E-state index in [-0.39, 0.29) is 24.6 Å². The Morgan fingerprint density at radius 1 is 1.24 bits per heavy atom. The average molecular weight is 463 g/mol. The number of aromatic nitrogens is 3. The van der Waals surface area contributed by atoms with Crippen molar-refractivity contribution in [1.82, 2.24) is 25.2 Å². The van der Waals surface area contributed by atoms with E-state index in [0.717, 1.165) is 0 Å². The number of hydrogen-bond acceptors (Lipinski definition) is 7. The van der Waals surface area contributed by atoms with E-state index in [1.807, 2.05) is 19.1 Å². The summed E-state index contributed by atoms with van der Waals surface area (Å²) in [5, 5.41) is 2.99. The van der Waals surface area contributed by atoms with Crippen LogP contribution in [0.25, 0.3) is 22.3 Å². The number of nitrogens with one attached hydrogen (secondary N) is 2. The van der Waals surface area contributed by atoms with Crippen molar-refractivity contribution < 1.29 is 23.8 Å². The lowest BCUT2D eigenvalue weighted by Crippen LogP contribution is -2.60. The number of likely N-dealkylation sites (tertiary alicyclic amines) is 1. The molecule has 4 heterocycles. The van der Waals surface area contributed by atoms with Gasteiger partial charge in [-0.05, 0) is 30.9 Å². The smallest absolute Gasteiger partial charge is 0.255 e. The maximum atomic E-state index is 13.0. The Kier molecular flexibility index (Phi) is 5.00. The highest BCUT2D eigenvalue weighted by molar-refractivity contribution is 6.08. The van der Waals surface area contributed by atoms with Crippen molar-refractivity contribution in [3.05, 3.63) is 30.2 Å². The molecule has 0 unspecified atom stereocenters. The summed E-state index contributed by atoms with van der Waals surface area (Å²) in [6.45, 7) is 3.64. The predicted octanol–water partition coefficient (Wildman–Crippen LogP) is 2.49. The Labute approximate surface area is 195 Å². The predicted molar refractivity (Wildman–Crippen MR) is 122 cm³/mol. The van der Waals surface area contributed by atoms with Gasteiger partial charge in [-0.15, -0.1) is 0 Å². The van der Waals surface area contributed by atoms with Gasteiger partial charge in [-0.3, -0.25) is 9.59 Å². The normalized spacial score (nSPS) is 17.0. The van der Waals surface area contributed by atoms with Crippen LogP contribution < -0.4 is 19.5 Å². The van der Waals surface area contributed by atoms with Gasteiger partial charge >= 0.3 is 0 Å². The van der Waals surface area contributed by atoms with Crippen LogP contribution in [-0.4, -0.2) is 64.2 Å². The van der Waals surface area contributed by atoms with Crippen molar-refractivity contribution >= 4 is 22.8 Å². The lowest BCUT2D eigenvalue weighted by atomic mass is 10.1. The average Bonchev–Trinajstić information content (AvgIpc) is 3.35. The second-order valence-corrected chi connectivity index (χ2v) is 8.90.